The van der Waals surface area contributed by atoms with Gasteiger partial charge in [-0.25, -0.2) is 4.79 Å². The molecule has 2 heterocycles. The summed E-state index contributed by atoms with van der Waals surface area (Å²) >= 11 is 0. The molecule has 1 aliphatic heterocycles. The molecule has 32 heavy (non-hydrogen) atoms. The SMILES string of the molecule is Cc1cc(C(=O)c2ccc3c(c2)OCO3)n(C/C=C/c2cccc(O[C@@H](C)C(=O)O)c2)c1. The van der Waals surface area contributed by atoms with E-state index in [9.17, 15) is 9.59 Å². The molecule has 0 unspecified atom stereocenters. The van der Waals surface area contributed by atoms with Crippen LogP contribution in [-0.2, 0) is 11.3 Å². The number of aromatic nitrogens is 1. The van der Waals surface area contributed by atoms with E-state index in [0.29, 0.717) is 35.1 Å². The van der Waals surface area contributed by atoms with E-state index < -0.39 is 12.1 Å². The summed E-state index contributed by atoms with van der Waals surface area (Å²) in [6.45, 7) is 4.09. The Balaban J connectivity index is 1.49. The number of hydrogen-bond acceptors (Lipinski definition) is 5. The smallest absolute Gasteiger partial charge is 0.344 e. The average Bonchev–Trinajstić information content (AvgIpc) is 3.39. The number of carboxylic acids is 1. The van der Waals surface area contributed by atoms with E-state index in [0.717, 1.165) is 11.1 Å². The summed E-state index contributed by atoms with van der Waals surface area (Å²) in [6, 6.07) is 14.2. The lowest BCUT2D eigenvalue weighted by Crippen LogP contribution is -2.22. The number of fused-ring (bicyclic) bond motifs is 1. The molecule has 1 aromatic heterocycles. The summed E-state index contributed by atoms with van der Waals surface area (Å²) in [6.07, 6.45) is 4.85. The van der Waals surface area contributed by atoms with Gasteiger partial charge in [-0.15, -0.1) is 0 Å². The van der Waals surface area contributed by atoms with Gasteiger partial charge >= 0.3 is 5.97 Å². The fourth-order valence-electron chi connectivity index (χ4n) is 3.43. The predicted molar refractivity (Wildman–Crippen MR) is 118 cm³/mol. The number of rotatable bonds is 8. The molecule has 0 bridgehead atoms. The third-order valence-corrected chi connectivity index (χ3v) is 5.03. The van der Waals surface area contributed by atoms with Crippen molar-refractivity contribution >= 4 is 17.8 Å². The highest BCUT2D eigenvalue weighted by Gasteiger charge is 2.19. The standard InChI is InChI=1S/C25H23NO6/c1-16-11-21(24(27)19-8-9-22-23(13-19)31-15-30-22)26(14-16)10-4-6-18-5-3-7-20(12-18)32-17(2)25(28)29/h3-9,11-14,17H,10,15H2,1-2H3,(H,28,29)/b6-4+/t17-/m0/s1. The number of ether oxygens (including phenoxy) is 3. The summed E-state index contributed by atoms with van der Waals surface area (Å²) in [7, 11) is 0. The van der Waals surface area contributed by atoms with Gasteiger partial charge in [0.1, 0.15) is 5.75 Å². The van der Waals surface area contributed by atoms with E-state index in [1.54, 1.807) is 36.4 Å². The van der Waals surface area contributed by atoms with Crippen LogP contribution >= 0.6 is 0 Å². The van der Waals surface area contributed by atoms with Crippen LogP contribution in [0.25, 0.3) is 6.08 Å². The fourth-order valence-corrected chi connectivity index (χ4v) is 3.43. The van der Waals surface area contributed by atoms with Gasteiger partial charge in [-0.2, -0.15) is 0 Å². The van der Waals surface area contributed by atoms with E-state index in [-0.39, 0.29) is 12.6 Å². The molecule has 0 spiro atoms. The lowest BCUT2D eigenvalue weighted by Gasteiger charge is -2.10. The minimum Gasteiger partial charge on any atom is -0.479 e. The number of carbonyl (C=O) groups is 2. The molecule has 164 valence electrons. The first-order valence-electron chi connectivity index (χ1n) is 10.2. The first-order valence-corrected chi connectivity index (χ1v) is 10.2. The number of nitrogens with zero attached hydrogens (tertiary/aromatic N) is 1. The normalized spacial score (nSPS) is 13.3. The van der Waals surface area contributed by atoms with Crippen LogP contribution in [-0.4, -0.2) is 34.3 Å². The maximum absolute atomic E-state index is 13.1. The highest BCUT2D eigenvalue weighted by atomic mass is 16.7. The molecular weight excluding hydrogens is 410 g/mol. The van der Waals surface area contributed by atoms with Crippen molar-refractivity contribution in [2.24, 2.45) is 0 Å². The second-order valence-electron chi connectivity index (χ2n) is 7.53. The summed E-state index contributed by atoms with van der Waals surface area (Å²) < 4.78 is 18.0. The Kier molecular flexibility index (Phi) is 5.98. The number of carboxylic acid groups (broad SMARTS) is 1. The van der Waals surface area contributed by atoms with Gasteiger partial charge in [0.15, 0.2) is 17.6 Å². The van der Waals surface area contributed by atoms with Gasteiger partial charge in [-0.05, 0) is 61.4 Å². The van der Waals surface area contributed by atoms with Crippen LogP contribution in [0.2, 0.25) is 0 Å². The topological polar surface area (TPSA) is 87.0 Å². The molecule has 0 saturated carbocycles. The molecular formula is C25H23NO6. The number of allylic oxidation sites excluding steroid dienone is 1. The van der Waals surface area contributed by atoms with Crippen LogP contribution in [0, 0.1) is 6.92 Å². The first kappa shape index (κ1) is 21.2. The fraction of sp³-hybridized carbons (Fsp3) is 0.200. The van der Waals surface area contributed by atoms with Crippen molar-refractivity contribution in [3.8, 4) is 17.2 Å². The molecule has 1 N–H and O–H groups in total. The third kappa shape index (κ3) is 4.67. The van der Waals surface area contributed by atoms with Crippen molar-refractivity contribution in [2.75, 3.05) is 6.79 Å². The number of ketones is 1. The molecule has 4 rings (SSSR count). The van der Waals surface area contributed by atoms with Gasteiger partial charge in [0.05, 0.1) is 5.69 Å². The molecule has 2 aromatic carbocycles. The molecule has 0 fully saturated rings. The van der Waals surface area contributed by atoms with E-state index >= 15 is 0 Å². The quantitative estimate of drug-likeness (QED) is 0.533. The maximum Gasteiger partial charge on any atom is 0.344 e. The molecule has 0 radical (unpaired) electrons. The summed E-state index contributed by atoms with van der Waals surface area (Å²) in [5, 5.41) is 9.00. The average molecular weight is 433 g/mol. The minimum atomic E-state index is -1.02. The highest BCUT2D eigenvalue weighted by Crippen LogP contribution is 2.33. The van der Waals surface area contributed by atoms with Crippen LogP contribution in [0.15, 0.2) is 60.8 Å². The zero-order valence-electron chi connectivity index (χ0n) is 17.8. The molecule has 0 saturated heterocycles. The van der Waals surface area contributed by atoms with Crippen LogP contribution < -0.4 is 14.2 Å². The summed E-state index contributed by atoms with van der Waals surface area (Å²) in [5.41, 5.74) is 2.97. The van der Waals surface area contributed by atoms with E-state index in [4.69, 9.17) is 19.3 Å². The predicted octanol–water partition coefficient (Wildman–Crippen LogP) is 4.32. The van der Waals surface area contributed by atoms with E-state index in [2.05, 4.69) is 0 Å². The van der Waals surface area contributed by atoms with Crippen LogP contribution in [0.4, 0.5) is 0 Å². The van der Waals surface area contributed by atoms with Crippen LogP contribution in [0.5, 0.6) is 17.2 Å². The highest BCUT2D eigenvalue weighted by molar-refractivity contribution is 6.08. The summed E-state index contributed by atoms with van der Waals surface area (Å²) in [5.74, 6) is 0.582. The maximum atomic E-state index is 13.1. The van der Waals surface area contributed by atoms with Crippen molar-refractivity contribution in [1.29, 1.82) is 0 Å². The van der Waals surface area contributed by atoms with E-state index in [1.807, 2.05) is 42.0 Å². The molecule has 1 aliphatic rings. The van der Waals surface area contributed by atoms with Crippen molar-refractivity contribution in [2.45, 2.75) is 26.5 Å². The molecule has 0 amide bonds. The molecule has 1 atom stereocenters. The first-order chi connectivity index (χ1) is 15.4. The lowest BCUT2D eigenvalue weighted by molar-refractivity contribution is -0.144. The third-order valence-electron chi connectivity index (χ3n) is 5.03. The van der Waals surface area contributed by atoms with Crippen molar-refractivity contribution < 1.29 is 28.9 Å². The van der Waals surface area contributed by atoms with Crippen LogP contribution in [0.3, 0.4) is 0 Å². The number of hydrogen-bond donors (Lipinski definition) is 1. The van der Waals surface area contributed by atoms with Gasteiger partial charge in [-0.3, -0.25) is 4.79 Å². The van der Waals surface area contributed by atoms with Gasteiger partial charge in [0.25, 0.3) is 0 Å². The number of aliphatic carboxylic acids is 1. The molecule has 0 aliphatic carbocycles. The van der Waals surface area contributed by atoms with Crippen molar-refractivity contribution in [1.82, 2.24) is 4.57 Å². The Labute approximate surface area is 185 Å². The minimum absolute atomic E-state index is 0.0946. The van der Waals surface area contributed by atoms with Crippen LogP contribution in [0.1, 0.15) is 34.1 Å². The zero-order chi connectivity index (χ0) is 22.7. The Bertz CT molecular complexity index is 1190. The molecule has 7 heteroatoms. The largest absolute Gasteiger partial charge is 0.479 e. The Hall–Kier alpha value is -4.00. The van der Waals surface area contributed by atoms with Gasteiger partial charge in [-0.1, -0.05) is 24.3 Å². The number of aryl methyl sites for hydroxylation is 1. The van der Waals surface area contributed by atoms with Crippen molar-refractivity contribution in [3.63, 3.8) is 0 Å². The van der Waals surface area contributed by atoms with E-state index in [1.165, 1.54) is 6.92 Å². The Morgan fingerprint density at radius 3 is 2.78 bits per heavy atom. The number of benzene rings is 2. The van der Waals surface area contributed by atoms with Gasteiger partial charge in [0.2, 0.25) is 12.6 Å². The Morgan fingerprint density at radius 1 is 1.16 bits per heavy atom. The summed E-state index contributed by atoms with van der Waals surface area (Å²) in [4.78, 5) is 24.1. The number of carbonyl (C=O) groups excluding carboxylic acids is 1. The monoisotopic (exact) mass is 433 g/mol. The van der Waals surface area contributed by atoms with Crippen molar-refractivity contribution in [3.05, 3.63) is 83.2 Å². The molecule has 3 aromatic rings. The molecule has 7 nitrogen and oxygen atoms in total. The Morgan fingerprint density at radius 2 is 1.97 bits per heavy atom. The zero-order valence-corrected chi connectivity index (χ0v) is 17.8. The second-order valence-corrected chi connectivity index (χ2v) is 7.53. The second kappa shape index (κ2) is 9.01. The van der Waals surface area contributed by atoms with Gasteiger partial charge < -0.3 is 23.9 Å². The van der Waals surface area contributed by atoms with Gasteiger partial charge in [0, 0.05) is 18.3 Å². The lowest BCUT2D eigenvalue weighted by atomic mass is 10.1.